The molecule has 4 nitrogen and oxygen atoms in total. The molecule has 1 aromatic carbocycles. The summed E-state index contributed by atoms with van der Waals surface area (Å²) in [7, 11) is 0. The largest absolute Gasteiger partial charge is 0.362 e. The molecule has 1 aromatic heterocycles. The lowest BCUT2D eigenvalue weighted by molar-refractivity contribution is 0.988. The molecule has 6 heteroatoms. The number of benzene rings is 1. The molecule has 0 aliphatic carbocycles. The average Bonchev–Trinajstić information content (AvgIpc) is 2.88. The molecule has 2 rings (SSSR count). The van der Waals surface area contributed by atoms with Crippen LogP contribution < -0.4 is 10.6 Å². The molecule has 0 spiro atoms. The van der Waals surface area contributed by atoms with Crippen LogP contribution in [0, 0.1) is 20.8 Å². The van der Waals surface area contributed by atoms with Gasteiger partial charge >= 0.3 is 0 Å². The molecule has 0 bridgehead atoms. The van der Waals surface area contributed by atoms with Crippen molar-refractivity contribution in [3.8, 4) is 0 Å². The minimum atomic E-state index is 0.672. The Kier molecular flexibility index (Phi) is 6.27. The fourth-order valence-electron chi connectivity index (χ4n) is 1.98. The first-order valence-electron chi connectivity index (χ1n) is 7.25. The van der Waals surface area contributed by atoms with E-state index in [2.05, 4.69) is 52.6 Å². The Hall–Kier alpha value is -1.53. The lowest BCUT2D eigenvalue weighted by Gasteiger charge is -2.13. The molecular formula is C16H22N4S2. The van der Waals surface area contributed by atoms with E-state index < -0.39 is 0 Å². The number of thiocarbonyl (C=S) groups is 1. The van der Waals surface area contributed by atoms with Crippen LogP contribution in [0.15, 0.2) is 24.5 Å². The van der Waals surface area contributed by atoms with E-state index >= 15 is 0 Å². The third-order valence-corrected chi connectivity index (χ3v) is 4.56. The Morgan fingerprint density at radius 3 is 2.86 bits per heavy atom. The second-order valence-corrected chi connectivity index (χ2v) is 6.74. The van der Waals surface area contributed by atoms with Crippen LogP contribution >= 0.6 is 24.0 Å². The van der Waals surface area contributed by atoms with E-state index in [0.717, 1.165) is 35.1 Å². The van der Waals surface area contributed by atoms with Crippen LogP contribution in [0.3, 0.4) is 0 Å². The zero-order valence-corrected chi connectivity index (χ0v) is 14.8. The first kappa shape index (κ1) is 16.8. The molecule has 0 atom stereocenters. The SMILES string of the molecule is Cc1ccc(C)c(NC(=S)NCCSCc2nc[nH]c2C)c1. The highest BCUT2D eigenvalue weighted by Gasteiger charge is 2.03. The lowest BCUT2D eigenvalue weighted by Crippen LogP contribution is -2.30. The lowest BCUT2D eigenvalue weighted by atomic mass is 10.1. The van der Waals surface area contributed by atoms with Gasteiger partial charge in [0.15, 0.2) is 5.11 Å². The highest BCUT2D eigenvalue weighted by atomic mass is 32.2. The fourth-order valence-corrected chi connectivity index (χ4v) is 3.06. The van der Waals surface area contributed by atoms with Gasteiger partial charge in [-0.1, -0.05) is 12.1 Å². The first-order chi connectivity index (χ1) is 10.6. The monoisotopic (exact) mass is 334 g/mol. The minimum Gasteiger partial charge on any atom is -0.362 e. The van der Waals surface area contributed by atoms with Crippen molar-refractivity contribution >= 4 is 34.8 Å². The molecule has 0 radical (unpaired) electrons. The van der Waals surface area contributed by atoms with E-state index in [1.54, 1.807) is 6.33 Å². The van der Waals surface area contributed by atoms with Crippen LogP contribution in [0.4, 0.5) is 5.69 Å². The standard InChI is InChI=1S/C16H22N4S2/c1-11-4-5-12(2)14(8-11)20-16(21)17-6-7-22-9-15-13(3)18-10-19-15/h4-5,8,10H,6-7,9H2,1-3H3,(H,18,19)(H2,17,20,21). The summed E-state index contributed by atoms with van der Waals surface area (Å²) >= 11 is 7.19. The maximum Gasteiger partial charge on any atom is 0.170 e. The molecule has 0 aliphatic rings. The average molecular weight is 335 g/mol. The molecule has 0 fully saturated rings. The number of hydrogen-bond donors (Lipinski definition) is 3. The van der Waals surface area contributed by atoms with Crippen molar-refractivity contribution in [2.24, 2.45) is 0 Å². The predicted octanol–water partition coefficient (Wildman–Crippen LogP) is 3.55. The maximum atomic E-state index is 5.34. The Labute approximate surface area is 141 Å². The number of imidazole rings is 1. The number of thioether (sulfide) groups is 1. The van der Waals surface area contributed by atoms with Gasteiger partial charge in [-0.15, -0.1) is 0 Å². The summed E-state index contributed by atoms with van der Waals surface area (Å²) in [5.41, 5.74) is 5.75. The van der Waals surface area contributed by atoms with Gasteiger partial charge in [0.05, 0.1) is 12.0 Å². The third kappa shape index (κ3) is 5.03. The predicted molar refractivity (Wildman–Crippen MR) is 99.6 cm³/mol. The van der Waals surface area contributed by atoms with Gasteiger partial charge in [0.1, 0.15) is 0 Å². The molecule has 118 valence electrons. The molecule has 2 aromatic rings. The molecule has 0 saturated carbocycles. The quantitative estimate of drug-likeness (QED) is 0.557. The summed E-state index contributed by atoms with van der Waals surface area (Å²) in [6.45, 7) is 7.04. The summed E-state index contributed by atoms with van der Waals surface area (Å²) in [5.74, 6) is 1.91. The molecule has 0 unspecified atom stereocenters. The Balaban J connectivity index is 1.67. The molecular weight excluding hydrogens is 312 g/mol. The second kappa shape index (κ2) is 8.19. The van der Waals surface area contributed by atoms with Crippen molar-refractivity contribution in [3.63, 3.8) is 0 Å². The molecule has 0 saturated heterocycles. The summed E-state index contributed by atoms with van der Waals surface area (Å²) in [4.78, 5) is 7.38. The Morgan fingerprint density at radius 1 is 1.32 bits per heavy atom. The topological polar surface area (TPSA) is 52.7 Å². The maximum absolute atomic E-state index is 5.34. The van der Waals surface area contributed by atoms with Crippen molar-refractivity contribution in [1.29, 1.82) is 0 Å². The number of rotatable bonds is 6. The van der Waals surface area contributed by atoms with Gasteiger partial charge in [0.2, 0.25) is 0 Å². The molecule has 22 heavy (non-hydrogen) atoms. The first-order valence-corrected chi connectivity index (χ1v) is 8.81. The van der Waals surface area contributed by atoms with E-state index in [1.165, 1.54) is 11.1 Å². The van der Waals surface area contributed by atoms with Gasteiger partial charge in [-0.25, -0.2) is 4.98 Å². The van der Waals surface area contributed by atoms with Gasteiger partial charge in [-0.05, 0) is 50.2 Å². The van der Waals surface area contributed by atoms with Crippen molar-refractivity contribution in [2.45, 2.75) is 26.5 Å². The zero-order valence-electron chi connectivity index (χ0n) is 13.2. The smallest absolute Gasteiger partial charge is 0.170 e. The van der Waals surface area contributed by atoms with Gasteiger partial charge in [-0.3, -0.25) is 0 Å². The number of aromatic amines is 1. The van der Waals surface area contributed by atoms with Crippen LogP contribution in [0.25, 0.3) is 0 Å². The summed E-state index contributed by atoms with van der Waals surface area (Å²) < 4.78 is 0. The minimum absolute atomic E-state index is 0.672. The van der Waals surface area contributed by atoms with Gasteiger partial charge in [0, 0.05) is 29.4 Å². The number of anilines is 1. The van der Waals surface area contributed by atoms with Crippen molar-refractivity contribution in [2.75, 3.05) is 17.6 Å². The number of nitrogens with zero attached hydrogens (tertiary/aromatic N) is 1. The molecule has 3 N–H and O–H groups in total. The van der Waals surface area contributed by atoms with Crippen molar-refractivity contribution in [1.82, 2.24) is 15.3 Å². The van der Waals surface area contributed by atoms with Gasteiger partial charge in [-0.2, -0.15) is 11.8 Å². The van der Waals surface area contributed by atoms with Crippen molar-refractivity contribution < 1.29 is 0 Å². The number of hydrogen-bond acceptors (Lipinski definition) is 3. The zero-order chi connectivity index (χ0) is 15.9. The number of nitrogens with one attached hydrogen (secondary N) is 3. The number of H-pyrrole nitrogens is 1. The van der Waals surface area contributed by atoms with E-state index in [1.807, 2.05) is 18.7 Å². The van der Waals surface area contributed by atoms with Crippen LogP contribution in [-0.2, 0) is 5.75 Å². The molecule has 1 heterocycles. The van der Waals surface area contributed by atoms with Crippen LogP contribution in [0.2, 0.25) is 0 Å². The van der Waals surface area contributed by atoms with E-state index in [9.17, 15) is 0 Å². The third-order valence-electron chi connectivity index (χ3n) is 3.35. The Bertz CT molecular complexity index is 637. The molecule has 0 amide bonds. The van der Waals surface area contributed by atoms with Crippen LogP contribution in [-0.4, -0.2) is 27.4 Å². The molecule has 0 aliphatic heterocycles. The summed E-state index contributed by atoms with van der Waals surface area (Å²) in [6.07, 6.45) is 1.74. The summed E-state index contributed by atoms with van der Waals surface area (Å²) in [6, 6.07) is 6.31. The highest BCUT2D eigenvalue weighted by Crippen LogP contribution is 2.16. The van der Waals surface area contributed by atoms with E-state index in [4.69, 9.17) is 12.2 Å². The normalized spacial score (nSPS) is 10.5. The fraction of sp³-hybridized carbons (Fsp3) is 0.375. The summed E-state index contributed by atoms with van der Waals surface area (Å²) in [5, 5.41) is 7.17. The van der Waals surface area contributed by atoms with E-state index in [0.29, 0.717) is 5.11 Å². The number of aryl methyl sites for hydroxylation is 3. The second-order valence-electron chi connectivity index (χ2n) is 5.23. The van der Waals surface area contributed by atoms with Gasteiger partial charge in [0.25, 0.3) is 0 Å². The van der Waals surface area contributed by atoms with Crippen LogP contribution in [0.1, 0.15) is 22.5 Å². The Morgan fingerprint density at radius 2 is 2.14 bits per heavy atom. The number of aromatic nitrogens is 2. The van der Waals surface area contributed by atoms with Crippen molar-refractivity contribution in [3.05, 3.63) is 47.0 Å². The van der Waals surface area contributed by atoms with Gasteiger partial charge < -0.3 is 15.6 Å². The van der Waals surface area contributed by atoms with E-state index in [-0.39, 0.29) is 0 Å². The van der Waals surface area contributed by atoms with Crippen LogP contribution in [0.5, 0.6) is 0 Å². The highest BCUT2D eigenvalue weighted by molar-refractivity contribution is 7.98.